The van der Waals surface area contributed by atoms with E-state index in [1.54, 1.807) is 18.2 Å². The standard InChI is InChI=1S/C13H11NO4/c1-8-4-5-10-9(7-8)12(17)13(18)14(10)6-2-3-11(15)16/h2-5,7H,6H2,1H3,(H,15,16). The third-order valence-corrected chi connectivity index (χ3v) is 2.68. The molecule has 1 aliphatic rings. The monoisotopic (exact) mass is 245 g/mol. The van der Waals surface area contributed by atoms with Crippen molar-refractivity contribution in [3.63, 3.8) is 0 Å². The van der Waals surface area contributed by atoms with Gasteiger partial charge in [0.25, 0.3) is 11.7 Å². The maximum atomic E-state index is 11.7. The number of carboxylic acid groups (broad SMARTS) is 1. The Morgan fingerprint density at radius 3 is 2.78 bits per heavy atom. The third kappa shape index (κ3) is 2.02. The van der Waals surface area contributed by atoms with Crippen molar-refractivity contribution in [2.24, 2.45) is 0 Å². The van der Waals surface area contributed by atoms with Crippen molar-refractivity contribution >= 4 is 23.3 Å². The number of Topliss-reactive ketones (excluding diaryl/α,β-unsaturated/α-hetero) is 1. The topological polar surface area (TPSA) is 74.7 Å². The van der Waals surface area contributed by atoms with Gasteiger partial charge in [-0.3, -0.25) is 9.59 Å². The van der Waals surface area contributed by atoms with E-state index in [4.69, 9.17) is 5.11 Å². The number of fused-ring (bicyclic) bond motifs is 1. The van der Waals surface area contributed by atoms with Crippen molar-refractivity contribution in [1.82, 2.24) is 0 Å². The highest BCUT2D eigenvalue weighted by Gasteiger charge is 2.34. The van der Waals surface area contributed by atoms with E-state index in [9.17, 15) is 14.4 Å². The Hall–Kier alpha value is -2.43. The molecule has 0 aliphatic carbocycles. The predicted molar refractivity (Wildman–Crippen MR) is 64.6 cm³/mol. The van der Waals surface area contributed by atoms with Crippen LogP contribution in [-0.2, 0) is 9.59 Å². The zero-order chi connectivity index (χ0) is 13.3. The Morgan fingerprint density at radius 2 is 2.11 bits per heavy atom. The summed E-state index contributed by atoms with van der Waals surface area (Å²) in [5.74, 6) is -2.25. The molecule has 1 aromatic rings. The molecule has 92 valence electrons. The zero-order valence-corrected chi connectivity index (χ0v) is 9.71. The minimum Gasteiger partial charge on any atom is -0.478 e. The Morgan fingerprint density at radius 1 is 1.39 bits per heavy atom. The van der Waals surface area contributed by atoms with Gasteiger partial charge in [0.2, 0.25) is 0 Å². The van der Waals surface area contributed by atoms with Crippen LogP contribution in [0, 0.1) is 6.92 Å². The number of carbonyl (C=O) groups excluding carboxylic acids is 2. The van der Waals surface area contributed by atoms with E-state index < -0.39 is 17.7 Å². The number of hydrogen-bond acceptors (Lipinski definition) is 3. The summed E-state index contributed by atoms with van der Waals surface area (Å²) in [5, 5.41) is 8.48. The van der Waals surface area contributed by atoms with Crippen LogP contribution < -0.4 is 4.90 Å². The van der Waals surface area contributed by atoms with Crippen molar-refractivity contribution in [1.29, 1.82) is 0 Å². The van der Waals surface area contributed by atoms with Gasteiger partial charge < -0.3 is 10.0 Å². The van der Waals surface area contributed by atoms with Crippen LogP contribution in [0.4, 0.5) is 5.69 Å². The molecule has 1 N–H and O–H groups in total. The van der Waals surface area contributed by atoms with Crippen LogP contribution in [0.1, 0.15) is 15.9 Å². The molecule has 0 saturated carbocycles. The van der Waals surface area contributed by atoms with E-state index in [1.165, 1.54) is 11.0 Å². The Bertz CT molecular complexity index is 574. The fraction of sp³-hybridized carbons (Fsp3) is 0.154. The smallest absolute Gasteiger partial charge is 0.328 e. The number of amides is 1. The Kier molecular flexibility index (Phi) is 2.97. The molecule has 18 heavy (non-hydrogen) atoms. The molecule has 0 radical (unpaired) electrons. The highest BCUT2D eigenvalue weighted by molar-refractivity contribution is 6.52. The molecule has 0 aromatic heterocycles. The number of carbonyl (C=O) groups is 3. The van der Waals surface area contributed by atoms with Gasteiger partial charge in [0.15, 0.2) is 0 Å². The molecule has 2 rings (SSSR count). The summed E-state index contributed by atoms with van der Waals surface area (Å²) in [5.41, 5.74) is 1.81. The van der Waals surface area contributed by atoms with E-state index in [-0.39, 0.29) is 6.54 Å². The Labute approximate surface area is 103 Å². The second-order valence-corrected chi connectivity index (χ2v) is 4.01. The van der Waals surface area contributed by atoms with Crippen LogP contribution in [0.15, 0.2) is 30.4 Å². The average Bonchev–Trinajstić information content (AvgIpc) is 2.54. The summed E-state index contributed by atoms with van der Waals surface area (Å²) in [6.45, 7) is 1.91. The molecular weight excluding hydrogens is 234 g/mol. The lowest BCUT2D eigenvalue weighted by Crippen LogP contribution is -2.29. The van der Waals surface area contributed by atoms with Gasteiger partial charge in [-0.25, -0.2) is 4.79 Å². The van der Waals surface area contributed by atoms with E-state index in [0.717, 1.165) is 11.6 Å². The fourth-order valence-corrected chi connectivity index (χ4v) is 1.85. The number of carboxylic acids is 1. The lowest BCUT2D eigenvalue weighted by atomic mass is 10.1. The zero-order valence-electron chi connectivity index (χ0n) is 9.71. The number of nitrogens with zero attached hydrogens (tertiary/aromatic N) is 1. The van der Waals surface area contributed by atoms with Gasteiger partial charge in [-0.1, -0.05) is 17.7 Å². The van der Waals surface area contributed by atoms with Crippen LogP contribution in [0.25, 0.3) is 0 Å². The Balaban J connectivity index is 2.31. The number of rotatable bonds is 3. The third-order valence-electron chi connectivity index (χ3n) is 2.68. The van der Waals surface area contributed by atoms with Crippen molar-refractivity contribution in [3.8, 4) is 0 Å². The molecule has 0 fully saturated rings. The van der Waals surface area contributed by atoms with Gasteiger partial charge in [0, 0.05) is 12.6 Å². The predicted octanol–water partition coefficient (Wildman–Crippen LogP) is 1.17. The largest absolute Gasteiger partial charge is 0.478 e. The average molecular weight is 245 g/mol. The highest BCUT2D eigenvalue weighted by atomic mass is 16.4. The van der Waals surface area contributed by atoms with E-state index >= 15 is 0 Å². The van der Waals surface area contributed by atoms with Gasteiger partial charge in [0.1, 0.15) is 0 Å². The molecule has 1 amide bonds. The van der Waals surface area contributed by atoms with Gasteiger partial charge >= 0.3 is 5.97 Å². The molecule has 0 atom stereocenters. The first-order chi connectivity index (χ1) is 8.50. The minimum absolute atomic E-state index is 0.0763. The SMILES string of the molecule is Cc1ccc2c(c1)C(=O)C(=O)N2CC=CC(=O)O. The maximum Gasteiger partial charge on any atom is 0.328 e. The lowest BCUT2D eigenvalue weighted by molar-refractivity contribution is -0.131. The van der Waals surface area contributed by atoms with Crippen LogP contribution >= 0.6 is 0 Å². The van der Waals surface area contributed by atoms with Crippen molar-refractivity contribution in [2.75, 3.05) is 11.4 Å². The molecule has 0 spiro atoms. The summed E-state index contributed by atoms with van der Waals surface area (Å²) in [6.07, 6.45) is 2.28. The molecule has 1 heterocycles. The molecular formula is C13H11NO4. The molecule has 0 saturated heterocycles. The van der Waals surface area contributed by atoms with Crippen LogP contribution in [0.5, 0.6) is 0 Å². The van der Waals surface area contributed by atoms with Gasteiger partial charge in [-0.15, -0.1) is 0 Å². The fourth-order valence-electron chi connectivity index (χ4n) is 1.85. The number of benzene rings is 1. The lowest BCUT2D eigenvalue weighted by Gasteiger charge is -2.13. The number of ketones is 1. The van der Waals surface area contributed by atoms with Crippen LogP contribution in [0.2, 0.25) is 0 Å². The first-order valence-electron chi connectivity index (χ1n) is 5.37. The second-order valence-electron chi connectivity index (χ2n) is 4.01. The normalized spacial score (nSPS) is 14.4. The minimum atomic E-state index is -1.09. The van der Waals surface area contributed by atoms with E-state index in [0.29, 0.717) is 11.3 Å². The van der Waals surface area contributed by atoms with Crippen LogP contribution in [0.3, 0.4) is 0 Å². The molecule has 1 aliphatic heterocycles. The molecule has 0 unspecified atom stereocenters. The summed E-state index contributed by atoms with van der Waals surface area (Å²) >= 11 is 0. The summed E-state index contributed by atoms with van der Waals surface area (Å²) in [4.78, 5) is 35.1. The summed E-state index contributed by atoms with van der Waals surface area (Å²) in [7, 11) is 0. The number of anilines is 1. The van der Waals surface area contributed by atoms with Gasteiger partial charge in [-0.2, -0.15) is 0 Å². The molecule has 1 aromatic carbocycles. The number of hydrogen-bond donors (Lipinski definition) is 1. The molecule has 5 heteroatoms. The molecule has 5 nitrogen and oxygen atoms in total. The second kappa shape index (κ2) is 4.44. The quantitative estimate of drug-likeness (QED) is 0.640. The van der Waals surface area contributed by atoms with Crippen molar-refractivity contribution in [2.45, 2.75) is 6.92 Å². The first kappa shape index (κ1) is 12.0. The number of aliphatic carboxylic acids is 1. The van der Waals surface area contributed by atoms with Gasteiger partial charge in [-0.05, 0) is 19.1 Å². The van der Waals surface area contributed by atoms with Crippen molar-refractivity contribution in [3.05, 3.63) is 41.5 Å². The van der Waals surface area contributed by atoms with Crippen LogP contribution in [-0.4, -0.2) is 29.3 Å². The summed E-state index contributed by atoms with van der Waals surface area (Å²) in [6, 6.07) is 5.16. The maximum absolute atomic E-state index is 11.7. The number of aryl methyl sites for hydroxylation is 1. The van der Waals surface area contributed by atoms with Gasteiger partial charge in [0.05, 0.1) is 11.3 Å². The highest BCUT2D eigenvalue weighted by Crippen LogP contribution is 2.29. The molecule has 0 bridgehead atoms. The van der Waals surface area contributed by atoms with Crippen molar-refractivity contribution < 1.29 is 19.5 Å². The summed E-state index contributed by atoms with van der Waals surface area (Å²) < 4.78 is 0. The first-order valence-corrected chi connectivity index (χ1v) is 5.37. The van der Waals surface area contributed by atoms with E-state index in [2.05, 4.69) is 0 Å². The van der Waals surface area contributed by atoms with E-state index in [1.807, 2.05) is 6.92 Å².